The van der Waals surface area contributed by atoms with Crippen molar-refractivity contribution in [1.82, 2.24) is 5.32 Å². The summed E-state index contributed by atoms with van der Waals surface area (Å²) in [7, 11) is 1.73. The zero-order valence-corrected chi connectivity index (χ0v) is 13.8. The average Bonchev–Trinajstić information content (AvgIpc) is 2.70. The molecule has 1 aromatic rings. The predicted molar refractivity (Wildman–Crippen MR) is 86.7 cm³/mol. The Morgan fingerprint density at radius 2 is 1.95 bits per heavy atom. The van der Waals surface area contributed by atoms with E-state index in [1.165, 1.54) is 31.4 Å². The van der Waals surface area contributed by atoms with Crippen LogP contribution in [0, 0.1) is 0 Å². The van der Waals surface area contributed by atoms with Gasteiger partial charge < -0.3 is 15.0 Å². The highest BCUT2D eigenvalue weighted by Crippen LogP contribution is 2.41. The van der Waals surface area contributed by atoms with Crippen molar-refractivity contribution in [3.63, 3.8) is 0 Å². The highest BCUT2D eigenvalue weighted by molar-refractivity contribution is 9.10. The molecule has 0 spiro atoms. The molecule has 2 aliphatic rings. The second kappa shape index (κ2) is 5.94. The Hall–Kier alpha value is -0.740. The number of ether oxygens (including phenoxy) is 1. The maximum Gasteiger partial charge on any atom is 0.122 e. The Bertz CT molecular complexity index is 466. The van der Waals surface area contributed by atoms with Gasteiger partial charge in [0.1, 0.15) is 5.75 Å². The second-order valence-electron chi connectivity index (χ2n) is 5.87. The molecule has 3 nitrogen and oxygen atoms in total. The van der Waals surface area contributed by atoms with Crippen LogP contribution in [0.15, 0.2) is 22.7 Å². The van der Waals surface area contributed by atoms with E-state index in [4.69, 9.17) is 4.74 Å². The minimum absolute atomic E-state index is 0.678. The van der Waals surface area contributed by atoms with Gasteiger partial charge in [0.05, 0.1) is 7.11 Å². The first-order chi connectivity index (χ1) is 9.71. The van der Waals surface area contributed by atoms with Gasteiger partial charge in [0.25, 0.3) is 0 Å². The first-order valence-corrected chi connectivity index (χ1v) is 8.37. The summed E-state index contributed by atoms with van der Waals surface area (Å²) >= 11 is 3.60. The monoisotopic (exact) mass is 338 g/mol. The van der Waals surface area contributed by atoms with Crippen LogP contribution in [0.2, 0.25) is 0 Å². The SMILES string of the molecule is CCNC1CC2CCC(C1)N2c1cc(Br)cc(OC)c1. The molecule has 0 aliphatic carbocycles. The molecule has 2 heterocycles. The molecular formula is C16H23BrN2O. The Morgan fingerprint density at radius 1 is 1.25 bits per heavy atom. The van der Waals surface area contributed by atoms with Gasteiger partial charge in [0, 0.05) is 34.4 Å². The largest absolute Gasteiger partial charge is 0.497 e. The van der Waals surface area contributed by atoms with Gasteiger partial charge in [0.15, 0.2) is 0 Å². The second-order valence-corrected chi connectivity index (χ2v) is 6.78. The average molecular weight is 339 g/mol. The highest BCUT2D eigenvalue weighted by atomic mass is 79.9. The number of methoxy groups -OCH3 is 1. The number of rotatable bonds is 4. The van der Waals surface area contributed by atoms with Crippen molar-refractivity contribution in [3.05, 3.63) is 22.7 Å². The Morgan fingerprint density at radius 3 is 2.55 bits per heavy atom. The van der Waals surface area contributed by atoms with Crippen molar-refractivity contribution < 1.29 is 4.74 Å². The molecule has 20 heavy (non-hydrogen) atoms. The van der Waals surface area contributed by atoms with Crippen molar-refractivity contribution in [2.45, 2.75) is 50.7 Å². The summed E-state index contributed by atoms with van der Waals surface area (Å²) in [6.45, 7) is 3.28. The van der Waals surface area contributed by atoms with Gasteiger partial charge in [-0.1, -0.05) is 22.9 Å². The predicted octanol–water partition coefficient (Wildman–Crippen LogP) is 3.57. The summed E-state index contributed by atoms with van der Waals surface area (Å²) in [6.07, 6.45) is 5.17. The molecule has 2 saturated heterocycles. The summed E-state index contributed by atoms with van der Waals surface area (Å²) in [4.78, 5) is 2.63. The van der Waals surface area contributed by atoms with Crippen LogP contribution in [0.4, 0.5) is 5.69 Å². The smallest absolute Gasteiger partial charge is 0.122 e. The number of nitrogens with one attached hydrogen (secondary N) is 1. The third-order valence-electron chi connectivity index (χ3n) is 4.62. The number of benzene rings is 1. The topological polar surface area (TPSA) is 24.5 Å². The number of hydrogen-bond acceptors (Lipinski definition) is 3. The van der Waals surface area contributed by atoms with Crippen LogP contribution in [0.1, 0.15) is 32.6 Å². The zero-order valence-electron chi connectivity index (χ0n) is 12.2. The molecule has 3 rings (SSSR count). The minimum Gasteiger partial charge on any atom is -0.497 e. The van der Waals surface area contributed by atoms with Crippen molar-refractivity contribution in [2.75, 3.05) is 18.6 Å². The van der Waals surface area contributed by atoms with Gasteiger partial charge in [0.2, 0.25) is 0 Å². The molecule has 1 aromatic carbocycles. The summed E-state index contributed by atoms with van der Waals surface area (Å²) in [6, 6.07) is 8.47. The van der Waals surface area contributed by atoms with Crippen LogP contribution in [-0.4, -0.2) is 31.8 Å². The van der Waals surface area contributed by atoms with E-state index < -0.39 is 0 Å². The molecule has 4 heteroatoms. The lowest BCUT2D eigenvalue weighted by molar-refractivity contribution is 0.361. The third-order valence-corrected chi connectivity index (χ3v) is 5.07. The van der Waals surface area contributed by atoms with Crippen LogP contribution in [0.25, 0.3) is 0 Å². The van der Waals surface area contributed by atoms with Gasteiger partial charge >= 0.3 is 0 Å². The number of piperidine rings is 1. The summed E-state index contributed by atoms with van der Waals surface area (Å²) in [5.41, 5.74) is 1.30. The molecule has 0 amide bonds. The van der Waals surface area contributed by atoms with E-state index in [-0.39, 0.29) is 0 Å². The summed E-state index contributed by atoms with van der Waals surface area (Å²) < 4.78 is 6.51. The molecule has 1 N–H and O–H groups in total. The number of halogens is 1. The van der Waals surface area contributed by atoms with E-state index in [1.807, 2.05) is 6.07 Å². The van der Waals surface area contributed by atoms with Crippen LogP contribution in [-0.2, 0) is 0 Å². The van der Waals surface area contributed by atoms with E-state index in [0.717, 1.165) is 16.8 Å². The first kappa shape index (κ1) is 14.2. The normalized spacial score (nSPS) is 28.8. The number of hydrogen-bond donors (Lipinski definition) is 1. The van der Waals surface area contributed by atoms with E-state index in [2.05, 4.69) is 45.2 Å². The van der Waals surface area contributed by atoms with Gasteiger partial charge in [-0.25, -0.2) is 0 Å². The van der Waals surface area contributed by atoms with Crippen LogP contribution < -0.4 is 15.0 Å². The summed E-state index contributed by atoms with van der Waals surface area (Å²) in [5.74, 6) is 0.933. The van der Waals surface area contributed by atoms with Gasteiger partial charge in [-0.3, -0.25) is 0 Å². The fraction of sp³-hybridized carbons (Fsp3) is 0.625. The van der Waals surface area contributed by atoms with Crippen molar-refractivity contribution in [2.24, 2.45) is 0 Å². The van der Waals surface area contributed by atoms with Gasteiger partial charge in [-0.15, -0.1) is 0 Å². The summed E-state index contributed by atoms with van der Waals surface area (Å²) in [5, 5.41) is 3.63. The third kappa shape index (κ3) is 2.68. The van der Waals surface area contributed by atoms with Crippen molar-refractivity contribution in [3.8, 4) is 5.75 Å². The zero-order chi connectivity index (χ0) is 14.1. The minimum atomic E-state index is 0.678. The van der Waals surface area contributed by atoms with Crippen LogP contribution in [0.3, 0.4) is 0 Å². The number of nitrogens with zero attached hydrogens (tertiary/aromatic N) is 1. The lowest BCUT2D eigenvalue weighted by atomic mass is 9.96. The Labute approximate surface area is 129 Å². The van der Waals surface area contributed by atoms with Crippen LogP contribution >= 0.6 is 15.9 Å². The van der Waals surface area contributed by atoms with E-state index in [9.17, 15) is 0 Å². The molecular weight excluding hydrogens is 316 g/mol. The standard InChI is InChI=1S/C16H23BrN2O/c1-3-18-12-8-13-4-5-14(9-12)19(13)15-6-11(17)7-16(10-15)20-2/h6-7,10,12-14,18H,3-5,8-9H2,1-2H3. The van der Waals surface area contributed by atoms with E-state index in [0.29, 0.717) is 18.1 Å². The number of fused-ring (bicyclic) bond motifs is 2. The van der Waals surface area contributed by atoms with Gasteiger partial charge in [-0.2, -0.15) is 0 Å². The Balaban J connectivity index is 1.83. The molecule has 2 atom stereocenters. The fourth-order valence-electron chi connectivity index (χ4n) is 3.87. The first-order valence-electron chi connectivity index (χ1n) is 7.57. The quantitative estimate of drug-likeness (QED) is 0.908. The fourth-order valence-corrected chi connectivity index (χ4v) is 4.33. The van der Waals surface area contributed by atoms with Crippen molar-refractivity contribution >= 4 is 21.6 Å². The number of anilines is 1. The lowest BCUT2D eigenvalue weighted by Crippen LogP contribution is -2.49. The molecule has 0 saturated carbocycles. The van der Waals surface area contributed by atoms with E-state index >= 15 is 0 Å². The molecule has 110 valence electrons. The Kier molecular flexibility index (Phi) is 4.22. The lowest BCUT2D eigenvalue weighted by Gasteiger charge is -2.41. The van der Waals surface area contributed by atoms with Crippen LogP contribution in [0.5, 0.6) is 5.75 Å². The molecule has 2 bridgehead atoms. The molecule has 0 radical (unpaired) electrons. The highest BCUT2D eigenvalue weighted by Gasteiger charge is 2.40. The maximum atomic E-state index is 5.41. The molecule has 2 fully saturated rings. The molecule has 2 unspecified atom stereocenters. The molecule has 2 aliphatic heterocycles. The maximum absolute atomic E-state index is 5.41. The van der Waals surface area contributed by atoms with Gasteiger partial charge in [-0.05, 0) is 44.4 Å². The van der Waals surface area contributed by atoms with Crippen molar-refractivity contribution in [1.29, 1.82) is 0 Å². The van der Waals surface area contributed by atoms with E-state index in [1.54, 1.807) is 7.11 Å². The molecule has 0 aromatic heterocycles.